The van der Waals surface area contributed by atoms with Gasteiger partial charge in [0.1, 0.15) is 5.60 Å². The molecule has 1 atom stereocenters. The molecule has 0 spiro atoms. The van der Waals surface area contributed by atoms with E-state index in [-0.39, 0.29) is 43.7 Å². The molecule has 0 radical (unpaired) electrons. The van der Waals surface area contributed by atoms with E-state index < -0.39 is 29.2 Å². The van der Waals surface area contributed by atoms with Gasteiger partial charge in [0.2, 0.25) is 11.8 Å². The zero-order valence-electron chi connectivity index (χ0n) is 21.3. The van der Waals surface area contributed by atoms with Gasteiger partial charge in [-0.1, -0.05) is 18.1 Å². The van der Waals surface area contributed by atoms with Crippen molar-refractivity contribution in [1.82, 2.24) is 15.3 Å². The van der Waals surface area contributed by atoms with E-state index in [2.05, 4.69) is 5.32 Å². The SMILES string of the molecule is CCC1C=CC(=O)N1CCC(=O)NCCC(C)(C)OCCC(C)(C)OC(=O)ON1C(=O)CCC1=O. The molecule has 2 heterocycles. The molecule has 11 heteroatoms. The lowest BCUT2D eigenvalue weighted by molar-refractivity contribution is -0.181. The molecule has 0 saturated carbocycles. The van der Waals surface area contributed by atoms with Crippen molar-refractivity contribution < 1.29 is 38.3 Å². The number of hydrogen-bond acceptors (Lipinski definition) is 8. The molecule has 1 unspecified atom stereocenters. The number of amides is 4. The molecule has 0 aromatic rings. The first kappa shape index (κ1) is 28.3. The fourth-order valence-electron chi connectivity index (χ4n) is 3.68. The van der Waals surface area contributed by atoms with Crippen LogP contribution in [0.15, 0.2) is 12.2 Å². The smallest absolute Gasteiger partial charge is 0.427 e. The number of imide groups is 1. The molecular weight excluding hydrogens is 458 g/mol. The second kappa shape index (κ2) is 12.1. The highest BCUT2D eigenvalue weighted by molar-refractivity contribution is 6.01. The number of ether oxygens (including phenoxy) is 2. The molecule has 1 saturated heterocycles. The summed E-state index contributed by atoms with van der Waals surface area (Å²) in [6.45, 7) is 10.2. The Morgan fingerprint density at radius 3 is 2.34 bits per heavy atom. The third kappa shape index (κ3) is 8.97. The molecule has 11 nitrogen and oxygen atoms in total. The fourth-order valence-corrected chi connectivity index (χ4v) is 3.68. The van der Waals surface area contributed by atoms with Gasteiger partial charge in [0.15, 0.2) is 0 Å². The Balaban J connectivity index is 1.64. The van der Waals surface area contributed by atoms with E-state index in [1.165, 1.54) is 0 Å². The van der Waals surface area contributed by atoms with Gasteiger partial charge in [-0.05, 0) is 40.5 Å². The zero-order valence-corrected chi connectivity index (χ0v) is 21.3. The van der Waals surface area contributed by atoms with Gasteiger partial charge in [-0.2, -0.15) is 0 Å². The van der Waals surface area contributed by atoms with E-state index in [0.29, 0.717) is 31.0 Å². The Bertz CT molecular complexity index is 836. The average Bonchev–Trinajstić information content (AvgIpc) is 3.27. The number of carbonyl (C=O) groups is 5. The molecular formula is C24H37N3O8. The van der Waals surface area contributed by atoms with Crippen molar-refractivity contribution in [2.75, 3.05) is 19.7 Å². The molecule has 0 aromatic carbocycles. The first-order chi connectivity index (χ1) is 16.3. The van der Waals surface area contributed by atoms with Crippen LogP contribution in [0.2, 0.25) is 0 Å². The van der Waals surface area contributed by atoms with Crippen LogP contribution in [-0.4, -0.2) is 76.7 Å². The third-order valence-corrected chi connectivity index (χ3v) is 5.92. The Morgan fingerprint density at radius 1 is 1.06 bits per heavy atom. The molecule has 1 N–H and O–H groups in total. The molecule has 4 amide bonds. The summed E-state index contributed by atoms with van der Waals surface area (Å²) >= 11 is 0. The van der Waals surface area contributed by atoms with E-state index in [9.17, 15) is 24.0 Å². The summed E-state index contributed by atoms with van der Waals surface area (Å²) in [5, 5.41) is 3.30. The largest absolute Gasteiger partial charge is 0.534 e. The normalized spacial score (nSPS) is 18.4. The lowest BCUT2D eigenvalue weighted by Gasteiger charge is -2.29. The van der Waals surface area contributed by atoms with Crippen LogP contribution in [0.4, 0.5) is 4.79 Å². The summed E-state index contributed by atoms with van der Waals surface area (Å²) in [5.74, 6) is -1.34. The van der Waals surface area contributed by atoms with E-state index in [1.54, 1.807) is 24.8 Å². The summed E-state index contributed by atoms with van der Waals surface area (Å²) in [5.41, 5.74) is -1.49. The van der Waals surface area contributed by atoms with Gasteiger partial charge in [0, 0.05) is 44.8 Å². The van der Waals surface area contributed by atoms with Gasteiger partial charge >= 0.3 is 6.16 Å². The second-order valence-corrected chi connectivity index (χ2v) is 9.86. The molecule has 35 heavy (non-hydrogen) atoms. The van der Waals surface area contributed by atoms with Crippen molar-refractivity contribution in [2.45, 2.75) is 90.4 Å². The minimum absolute atomic E-state index is 0.00774. The Labute approximate surface area is 206 Å². The zero-order chi connectivity index (χ0) is 26.2. The van der Waals surface area contributed by atoms with Crippen LogP contribution in [0.3, 0.4) is 0 Å². The number of hydroxylamine groups is 2. The topological polar surface area (TPSA) is 132 Å². The number of nitrogens with one attached hydrogen (secondary N) is 1. The maximum absolute atomic E-state index is 12.2. The molecule has 0 bridgehead atoms. The van der Waals surface area contributed by atoms with Crippen LogP contribution in [0.1, 0.15) is 73.1 Å². The Morgan fingerprint density at radius 2 is 1.71 bits per heavy atom. The lowest BCUT2D eigenvalue weighted by atomic mass is 10.0. The molecule has 0 aliphatic carbocycles. The number of hydrogen-bond donors (Lipinski definition) is 1. The summed E-state index contributed by atoms with van der Waals surface area (Å²) in [7, 11) is 0. The third-order valence-electron chi connectivity index (χ3n) is 5.92. The highest BCUT2D eigenvalue weighted by Gasteiger charge is 2.35. The molecule has 196 valence electrons. The van der Waals surface area contributed by atoms with Crippen molar-refractivity contribution >= 4 is 29.8 Å². The van der Waals surface area contributed by atoms with Crippen molar-refractivity contribution in [3.8, 4) is 0 Å². The summed E-state index contributed by atoms with van der Waals surface area (Å²) in [6, 6.07) is 0.0583. The van der Waals surface area contributed by atoms with Crippen LogP contribution in [0.25, 0.3) is 0 Å². The van der Waals surface area contributed by atoms with Gasteiger partial charge in [-0.15, -0.1) is 0 Å². The maximum Gasteiger partial charge on any atom is 0.534 e. The number of rotatable bonds is 13. The van der Waals surface area contributed by atoms with Gasteiger partial charge in [0.25, 0.3) is 11.8 Å². The van der Waals surface area contributed by atoms with E-state index in [0.717, 1.165) is 6.42 Å². The average molecular weight is 496 g/mol. The Hall–Kier alpha value is -2.95. The van der Waals surface area contributed by atoms with Crippen molar-refractivity contribution in [3.05, 3.63) is 12.2 Å². The predicted octanol–water partition coefficient (Wildman–Crippen LogP) is 2.24. The Kier molecular flexibility index (Phi) is 9.82. The van der Waals surface area contributed by atoms with Crippen LogP contribution >= 0.6 is 0 Å². The molecule has 0 aromatic heterocycles. The van der Waals surface area contributed by atoms with Gasteiger partial charge in [0.05, 0.1) is 18.2 Å². The minimum atomic E-state index is -1.13. The first-order valence-electron chi connectivity index (χ1n) is 12.0. The monoisotopic (exact) mass is 495 g/mol. The van der Waals surface area contributed by atoms with Gasteiger partial charge < -0.3 is 19.7 Å². The van der Waals surface area contributed by atoms with E-state index >= 15 is 0 Å². The van der Waals surface area contributed by atoms with Gasteiger partial charge in [-0.3, -0.25) is 24.0 Å². The maximum atomic E-state index is 12.2. The standard InChI is InChI=1S/C24H37N3O8/c1-6-17-7-8-19(29)26(17)15-11-18(28)25-14-12-23(2,3)33-16-13-24(4,5)34-22(32)35-27-20(30)9-10-21(27)31/h7-8,17H,6,9-16H2,1-5H3,(H,25,28). The van der Waals surface area contributed by atoms with Crippen molar-refractivity contribution in [1.29, 1.82) is 0 Å². The van der Waals surface area contributed by atoms with E-state index in [4.69, 9.17) is 14.3 Å². The highest BCUT2D eigenvalue weighted by atomic mass is 16.8. The highest BCUT2D eigenvalue weighted by Crippen LogP contribution is 2.21. The second-order valence-electron chi connectivity index (χ2n) is 9.86. The molecule has 2 aliphatic rings. The quantitative estimate of drug-likeness (QED) is 0.304. The van der Waals surface area contributed by atoms with Crippen LogP contribution < -0.4 is 5.32 Å². The summed E-state index contributed by atoms with van der Waals surface area (Å²) in [6.07, 6.45) is 4.26. The molecule has 2 aliphatic heterocycles. The fraction of sp³-hybridized carbons (Fsp3) is 0.708. The summed E-state index contributed by atoms with van der Waals surface area (Å²) in [4.78, 5) is 65.5. The van der Waals surface area contributed by atoms with Crippen molar-refractivity contribution in [3.63, 3.8) is 0 Å². The molecule has 1 fully saturated rings. The summed E-state index contributed by atoms with van der Waals surface area (Å²) < 4.78 is 11.2. The van der Waals surface area contributed by atoms with E-state index in [1.807, 2.05) is 26.8 Å². The first-order valence-corrected chi connectivity index (χ1v) is 12.0. The predicted molar refractivity (Wildman–Crippen MR) is 125 cm³/mol. The lowest BCUT2D eigenvalue weighted by Crippen LogP contribution is -2.39. The van der Waals surface area contributed by atoms with Gasteiger partial charge in [-0.25, -0.2) is 4.79 Å². The molecule has 2 rings (SSSR count). The van der Waals surface area contributed by atoms with Crippen molar-refractivity contribution in [2.24, 2.45) is 0 Å². The number of carbonyl (C=O) groups excluding carboxylic acids is 5. The van der Waals surface area contributed by atoms with Crippen LogP contribution in [0.5, 0.6) is 0 Å². The number of nitrogens with zero attached hydrogens (tertiary/aromatic N) is 2. The van der Waals surface area contributed by atoms with Crippen LogP contribution in [-0.2, 0) is 33.5 Å². The minimum Gasteiger partial charge on any atom is -0.427 e. The van der Waals surface area contributed by atoms with Crippen LogP contribution in [0, 0.1) is 0 Å².